The number of carbonyl (C=O) groups excluding carboxylic acids is 1. The second-order valence-corrected chi connectivity index (χ2v) is 4.76. The highest BCUT2D eigenvalue weighted by Crippen LogP contribution is 2.21. The minimum absolute atomic E-state index is 0.0230. The molecule has 19 heavy (non-hydrogen) atoms. The minimum atomic E-state index is -0.761. The Kier molecular flexibility index (Phi) is 4.17. The Morgan fingerprint density at radius 1 is 1.05 bits per heavy atom. The quantitative estimate of drug-likeness (QED) is 0.751. The number of ketones is 1. The van der Waals surface area contributed by atoms with Crippen molar-refractivity contribution in [1.82, 2.24) is 0 Å². The van der Waals surface area contributed by atoms with Gasteiger partial charge in [0.25, 0.3) is 0 Å². The van der Waals surface area contributed by atoms with Gasteiger partial charge in [0.1, 0.15) is 5.82 Å². The first kappa shape index (κ1) is 14.0. The molecule has 0 unspecified atom stereocenters. The van der Waals surface area contributed by atoms with Crippen molar-refractivity contribution in [3.05, 3.63) is 69.2 Å². The first-order valence-corrected chi connectivity index (χ1v) is 6.16. The molecular formula is C14H8Cl2F2O. The van der Waals surface area contributed by atoms with Crippen molar-refractivity contribution in [2.75, 3.05) is 0 Å². The van der Waals surface area contributed by atoms with Gasteiger partial charge < -0.3 is 0 Å². The molecule has 0 amide bonds. The third kappa shape index (κ3) is 3.11. The number of hydrogen-bond acceptors (Lipinski definition) is 1. The van der Waals surface area contributed by atoms with Gasteiger partial charge in [-0.2, -0.15) is 0 Å². The van der Waals surface area contributed by atoms with Crippen molar-refractivity contribution in [1.29, 1.82) is 0 Å². The van der Waals surface area contributed by atoms with Gasteiger partial charge in [0, 0.05) is 6.42 Å². The summed E-state index contributed by atoms with van der Waals surface area (Å²) in [5.41, 5.74) is 0.314. The summed E-state index contributed by atoms with van der Waals surface area (Å²) in [6, 6.07) is 8.22. The predicted molar refractivity (Wildman–Crippen MR) is 70.9 cm³/mol. The number of carbonyl (C=O) groups is 1. The van der Waals surface area contributed by atoms with Crippen LogP contribution in [0.4, 0.5) is 8.78 Å². The van der Waals surface area contributed by atoms with Crippen molar-refractivity contribution >= 4 is 29.0 Å². The summed E-state index contributed by atoms with van der Waals surface area (Å²) in [4.78, 5) is 11.9. The van der Waals surface area contributed by atoms with Crippen LogP contribution in [0.15, 0.2) is 36.4 Å². The molecule has 2 aromatic carbocycles. The van der Waals surface area contributed by atoms with Gasteiger partial charge in [0.2, 0.25) is 0 Å². The lowest BCUT2D eigenvalue weighted by Crippen LogP contribution is -2.06. The third-order valence-electron chi connectivity index (χ3n) is 2.60. The van der Waals surface area contributed by atoms with Gasteiger partial charge in [-0.1, -0.05) is 35.3 Å². The summed E-state index contributed by atoms with van der Waals surface area (Å²) in [6.45, 7) is 0. The Morgan fingerprint density at radius 2 is 1.79 bits per heavy atom. The van der Waals surface area contributed by atoms with E-state index in [0.717, 1.165) is 6.07 Å². The smallest absolute Gasteiger partial charge is 0.170 e. The fourth-order valence-corrected chi connectivity index (χ4v) is 1.94. The largest absolute Gasteiger partial charge is 0.294 e. The van der Waals surface area contributed by atoms with E-state index < -0.39 is 17.4 Å². The maximum absolute atomic E-state index is 13.7. The standard InChI is InChI=1S/C14H8Cl2F2O/c15-10-5-4-8(6-12(10)17)7-13(19)9-2-1-3-11(16)14(9)18/h1-6H,7H2. The highest BCUT2D eigenvalue weighted by Gasteiger charge is 2.15. The first-order valence-electron chi connectivity index (χ1n) is 5.40. The second-order valence-electron chi connectivity index (χ2n) is 3.95. The summed E-state index contributed by atoms with van der Waals surface area (Å²) >= 11 is 11.1. The molecule has 0 aliphatic carbocycles. The number of rotatable bonds is 3. The molecule has 0 aromatic heterocycles. The zero-order valence-corrected chi connectivity index (χ0v) is 11.1. The Bertz CT molecular complexity index is 641. The number of hydrogen-bond donors (Lipinski definition) is 0. The summed E-state index contributed by atoms with van der Waals surface area (Å²) in [6.07, 6.45) is -0.120. The van der Waals surface area contributed by atoms with E-state index in [4.69, 9.17) is 23.2 Å². The highest BCUT2D eigenvalue weighted by atomic mass is 35.5. The molecule has 0 saturated heterocycles. The molecule has 0 bridgehead atoms. The predicted octanol–water partition coefficient (Wildman–Crippen LogP) is 4.70. The molecule has 0 spiro atoms. The van der Waals surface area contributed by atoms with E-state index >= 15 is 0 Å². The van der Waals surface area contributed by atoms with Gasteiger partial charge >= 0.3 is 0 Å². The molecule has 5 heteroatoms. The van der Waals surface area contributed by atoms with Gasteiger partial charge in [-0.3, -0.25) is 4.79 Å². The van der Waals surface area contributed by atoms with Crippen molar-refractivity contribution < 1.29 is 13.6 Å². The molecule has 0 atom stereocenters. The Labute approximate surface area is 118 Å². The Hall–Kier alpha value is -1.45. The molecule has 0 radical (unpaired) electrons. The van der Waals surface area contributed by atoms with Crippen molar-refractivity contribution in [3.8, 4) is 0 Å². The molecular weight excluding hydrogens is 293 g/mol. The van der Waals surface area contributed by atoms with E-state index in [1.54, 1.807) is 0 Å². The summed E-state index contributed by atoms with van der Waals surface area (Å²) in [5, 5.41) is -0.140. The fraction of sp³-hybridized carbons (Fsp3) is 0.0714. The topological polar surface area (TPSA) is 17.1 Å². The molecule has 0 fully saturated rings. The van der Waals surface area contributed by atoms with E-state index in [-0.39, 0.29) is 22.0 Å². The summed E-state index contributed by atoms with van der Waals surface area (Å²) in [7, 11) is 0. The van der Waals surface area contributed by atoms with Gasteiger partial charge in [-0.25, -0.2) is 8.78 Å². The Morgan fingerprint density at radius 3 is 2.47 bits per heavy atom. The molecule has 1 nitrogen and oxygen atoms in total. The molecule has 0 saturated carbocycles. The average Bonchev–Trinajstić information content (AvgIpc) is 2.37. The zero-order valence-electron chi connectivity index (χ0n) is 9.59. The number of Topliss-reactive ketones (excluding diaryl/α,β-unsaturated/α-hetero) is 1. The van der Waals surface area contributed by atoms with Gasteiger partial charge in [-0.15, -0.1) is 0 Å². The number of halogens is 4. The van der Waals surface area contributed by atoms with Crippen LogP contribution < -0.4 is 0 Å². The van der Waals surface area contributed by atoms with Gasteiger partial charge in [0.05, 0.1) is 15.6 Å². The lowest BCUT2D eigenvalue weighted by atomic mass is 10.0. The van der Waals surface area contributed by atoms with Crippen molar-refractivity contribution in [2.45, 2.75) is 6.42 Å². The monoisotopic (exact) mass is 300 g/mol. The molecule has 0 heterocycles. The fourth-order valence-electron chi connectivity index (χ4n) is 1.65. The van der Waals surface area contributed by atoms with Gasteiger partial charge in [-0.05, 0) is 29.8 Å². The van der Waals surface area contributed by atoms with Crippen LogP contribution in [-0.2, 0) is 6.42 Å². The maximum Gasteiger partial charge on any atom is 0.170 e. The van der Waals surface area contributed by atoms with Crippen LogP contribution in [-0.4, -0.2) is 5.78 Å². The molecule has 98 valence electrons. The van der Waals surface area contributed by atoms with Crippen molar-refractivity contribution in [2.24, 2.45) is 0 Å². The molecule has 0 aliphatic heterocycles. The summed E-state index contributed by atoms with van der Waals surface area (Å²) < 4.78 is 26.9. The first-order chi connectivity index (χ1) is 8.99. The van der Waals surface area contributed by atoms with Gasteiger partial charge in [0.15, 0.2) is 11.6 Å². The van der Waals surface area contributed by atoms with Crippen LogP contribution >= 0.6 is 23.2 Å². The average molecular weight is 301 g/mol. The van der Waals surface area contributed by atoms with Crippen LogP contribution in [0.5, 0.6) is 0 Å². The van der Waals surface area contributed by atoms with Crippen molar-refractivity contribution in [3.63, 3.8) is 0 Å². The van der Waals surface area contributed by atoms with Crippen LogP contribution in [0.1, 0.15) is 15.9 Å². The molecule has 0 aliphatic rings. The maximum atomic E-state index is 13.7. The van der Waals surface area contributed by atoms with Crippen LogP contribution in [0, 0.1) is 11.6 Å². The second kappa shape index (κ2) is 5.68. The highest BCUT2D eigenvalue weighted by molar-refractivity contribution is 6.31. The molecule has 2 rings (SSSR count). The SMILES string of the molecule is O=C(Cc1ccc(Cl)c(F)c1)c1cccc(Cl)c1F. The molecule has 0 N–H and O–H groups in total. The number of benzene rings is 2. The van der Waals surface area contributed by atoms with Crippen LogP contribution in [0.3, 0.4) is 0 Å². The lowest BCUT2D eigenvalue weighted by molar-refractivity contribution is 0.0989. The van der Waals surface area contributed by atoms with E-state index in [1.807, 2.05) is 0 Å². The zero-order chi connectivity index (χ0) is 14.0. The summed E-state index contributed by atoms with van der Waals surface area (Å²) in [5.74, 6) is -1.84. The lowest BCUT2D eigenvalue weighted by Gasteiger charge is -2.05. The van der Waals surface area contributed by atoms with Crippen LogP contribution in [0.2, 0.25) is 10.0 Å². The van der Waals surface area contributed by atoms with E-state index in [2.05, 4.69) is 0 Å². The van der Waals surface area contributed by atoms with Crippen LogP contribution in [0.25, 0.3) is 0 Å². The normalized spacial score (nSPS) is 10.5. The van der Waals surface area contributed by atoms with E-state index in [0.29, 0.717) is 5.56 Å². The van der Waals surface area contributed by atoms with E-state index in [1.165, 1.54) is 30.3 Å². The Balaban J connectivity index is 2.26. The third-order valence-corrected chi connectivity index (χ3v) is 3.20. The van der Waals surface area contributed by atoms with E-state index in [9.17, 15) is 13.6 Å². The minimum Gasteiger partial charge on any atom is -0.294 e. The molecule has 2 aromatic rings.